The number of aromatic nitrogens is 3. The molecule has 0 atom stereocenters. The lowest BCUT2D eigenvalue weighted by molar-refractivity contribution is 0.102. The van der Waals surface area contributed by atoms with Crippen LogP contribution in [0.5, 0.6) is 0 Å². The lowest BCUT2D eigenvalue weighted by Crippen LogP contribution is -2.11. The molecule has 0 aliphatic carbocycles. The van der Waals surface area contributed by atoms with Gasteiger partial charge in [0, 0.05) is 16.3 Å². The highest BCUT2D eigenvalue weighted by Gasteiger charge is 2.09. The van der Waals surface area contributed by atoms with Crippen molar-refractivity contribution in [3.63, 3.8) is 0 Å². The number of rotatable bonds is 3. The number of nitrogens with one attached hydrogen (secondary N) is 1. The van der Waals surface area contributed by atoms with E-state index in [4.69, 9.17) is 11.6 Å². The van der Waals surface area contributed by atoms with Crippen LogP contribution in [0.2, 0.25) is 5.02 Å². The van der Waals surface area contributed by atoms with E-state index in [1.54, 1.807) is 41.2 Å². The van der Waals surface area contributed by atoms with Crippen molar-refractivity contribution in [1.29, 1.82) is 0 Å². The van der Waals surface area contributed by atoms with E-state index < -0.39 is 0 Å². The molecule has 6 heteroatoms. The minimum atomic E-state index is -0.225. The molecule has 0 saturated carbocycles. The van der Waals surface area contributed by atoms with E-state index in [0.717, 1.165) is 11.2 Å². The van der Waals surface area contributed by atoms with Crippen molar-refractivity contribution in [3.8, 4) is 5.69 Å². The van der Waals surface area contributed by atoms with Gasteiger partial charge < -0.3 is 5.32 Å². The van der Waals surface area contributed by atoms with Gasteiger partial charge in [-0.15, -0.1) is 10.2 Å². The minimum absolute atomic E-state index is 0.225. The maximum Gasteiger partial charge on any atom is 0.255 e. The van der Waals surface area contributed by atoms with Gasteiger partial charge in [0.2, 0.25) is 0 Å². The quantitative estimate of drug-likeness (QED) is 0.599. The molecule has 0 saturated heterocycles. The number of fused-ring (bicyclic) bond motifs is 1. The van der Waals surface area contributed by atoms with Gasteiger partial charge in [-0.05, 0) is 48.5 Å². The van der Waals surface area contributed by atoms with Gasteiger partial charge in [0.05, 0.1) is 5.69 Å². The van der Waals surface area contributed by atoms with Crippen molar-refractivity contribution in [2.45, 2.75) is 0 Å². The molecule has 4 rings (SSSR count). The second-order valence-corrected chi connectivity index (χ2v) is 5.93. The first-order valence-corrected chi connectivity index (χ1v) is 8.06. The van der Waals surface area contributed by atoms with Crippen molar-refractivity contribution in [2.75, 3.05) is 5.32 Å². The molecule has 1 N–H and O–H groups in total. The van der Waals surface area contributed by atoms with E-state index in [-0.39, 0.29) is 5.91 Å². The average Bonchev–Trinajstić information content (AvgIpc) is 3.06. The fourth-order valence-electron chi connectivity index (χ4n) is 2.50. The minimum Gasteiger partial charge on any atom is -0.322 e. The molecule has 0 aliphatic rings. The van der Waals surface area contributed by atoms with Crippen molar-refractivity contribution < 1.29 is 4.79 Å². The van der Waals surface area contributed by atoms with Crippen LogP contribution in [0.1, 0.15) is 10.4 Å². The maximum absolute atomic E-state index is 12.3. The molecule has 0 spiro atoms. The zero-order valence-electron chi connectivity index (χ0n) is 13.1. The van der Waals surface area contributed by atoms with Crippen LogP contribution in [-0.2, 0) is 0 Å². The SMILES string of the molecule is O=C(Nc1ccc2nn(-c3ccccc3)nc2c1)c1cccc(Cl)c1. The fraction of sp³-hybridized carbons (Fsp3) is 0. The van der Waals surface area contributed by atoms with E-state index in [0.29, 0.717) is 21.8 Å². The van der Waals surface area contributed by atoms with Crippen LogP contribution in [0.25, 0.3) is 16.7 Å². The van der Waals surface area contributed by atoms with E-state index in [1.165, 1.54) is 0 Å². The molecular formula is C19H13ClN4O. The van der Waals surface area contributed by atoms with Gasteiger partial charge in [-0.25, -0.2) is 0 Å². The highest BCUT2D eigenvalue weighted by Crippen LogP contribution is 2.19. The zero-order chi connectivity index (χ0) is 17.2. The standard InChI is InChI=1S/C19H13ClN4O/c20-14-6-4-5-13(11-14)19(25)21-15-9-10-17-18(12-15)23-24(22-17)16-7-2-1-3-8-16/h1-12H,(H,21,25). The van der Waals surface area contributed by atoms with Crippen LogP contribution in [0, 0.1) is 0 Å². The summed E-state index contributed by atoms with van der Waals surface area (Å²) in [7, 11) is 0. The molecule has 0 aliphatic heterocycles. The molecule has 0 fully saturated rings. The topological polar surface area (TPSA) is 59.8 Å². The van der Waals surface area contributed by atoms with Crippen LogP contribution < -0.4 is 5.32 Å². The molecular weight excluding hydrogens is 336 g/mol. The Morgan fingerprint density at radius 2 is 1.68 bits per heavy atom. The molecule has 25 heavy (non-hydrogen) atoms. The van der Waals surface area contributed by atoms with Crippen molar-refractivity contribution in [3.05, 3.63) is 83.4 Å². The molecule has 122 valence electrons. The van der Waals surface area contributed by atoms with Gasteiger partial charge in [0.25, 0.3) is 5.91 Å². The Balaban J connectivity index is 1.62. The molecule has 1 amide bonds. The first-order chi connectivity index (χ1) is 12.2. The molecule has 1 heterocycles. The number of hydrogen-bond acceptors (Lipinski definition) is 3. The summed E-state index contributed by atoms with van der Waals surface area (Å²) in [5.41, 5.74) is 3.48. The highest BCUT2D eigenvalue weighted by atomic mass is 35.5. The lowest BCUT2D eigenvalue weighted by Gasteiger charge is -2.05. The van der Waals surface area contributed by atoms with Gasteiger partial charge in [0.1, 0.15) is 11.0 Å². The van der Waals surface area contributed by atoms with Crippen LogP contribution in [0.15, 0.2) is 72.8 Å². The van der Waals surface area contributed by atoms with Crippen LogP contribution in [0.3, 0.4) is 0 Å². The molecule has 0 bridgehead atoms. The number of nitrogens with zero attached hydrogens (tertiary/aromatic N) is 3. The highest BCUT2D eigenvalue weighted by molar-refractivity contribution is 6.31. The fourth-order valence-corrected chi connectivity index (χ4v) is 2.69. The second kappa shape index (κ2) is 6.37. The van der Waals surface area contributed by atoms with E-state index >= 15 is 0 Å². The molecule has 0 radical (unpaired) electrons. The summed E-state index contributed by atoms with van der Waals surface area (Å²) in [5, 5.41) is 12.3. The number of amides is 1. The molecule has 4 aromatic rings. The number of hydrogen-bond donors (Lipinski definition) is 1. The van der Waals surface area contributed by atoms with Crippen molar-refractivity contribution >= 4 is 34.2 Å². The smallest absolute Gasteiger partial charge is 0.255 e. The van der Waals surface area contributed by atoms with Gasteiger partial charge in [0.15, 0.2) is 0 Å². The molecule has 1 aromatic heterocycles. The summed E-state index contributed by atoms with van der Waals surface area (Å²) in [6, 6.07) is 21.9. The van der Waals surface area contributed by atoms with E-state index in [9.17, 15) is 4.79 Å². The number of benzene rings is 3. The Bertz CT molecular complexity index is 1060. The summed E-state index contributed by atoms with van der Waals surface area (Å²) in [4.78, 5) is 13.9. The Hall–Kier alpha value is -3.18. The summed E-state index contributed by atoms with van der Waals surface area (Å²) >= 11 is 5.93. The van der Waals surface area contributed by atoms with Crippen LogP contribution >= 0.6 is 11.6 Å². The number of anilines is 1. The van der Waals surface area contributed by atoms with Gasteiger partial charge >= 0.3 is 0 Å². The normalized spacial score (nSPS) is 10.8. The van der Waals surface area contributed by atoms with Crippen LogP contribution in [-0.4, -0.2) is 20.9 Å². The summed E-state index contributed by atoms with van der Waals surface area (Å²) in [5.74, 6) is -0.225. The van der Waals surface area contributed by atoms with Gasteiger partial charge in [-0.3, -0.25) is 4.79 Å². The monoisotopic (exact) mass is 348 g/mol. The predicted octanol–water partition coefficient (Wildman–Crippen LogP) is 4.33. The number of para-hydroxylation sites is 1. The summed E-state index contributed by atoms with van der Waals surface area (Å²) in [6.45, 7) is 0. The van der Waals surface area contributed by atoms with E-state index in [2.05, 4.69) is 15.5 Å². The summed E-state index contributed by atoms with van der Waals surface area (Å²) < 4.78 is 0. The van der Waals surface area contributed by atoms with Crippen molar-refractivity contribution in [2.24, 2.45) is 0 Å². The number of carbonyl (C=O) groups excluding carboxylic acids is 1. The third-order valence-electron chi connectivity index (χ3n) is 3.71. The first kappa shape index (κ1) is 15.4. The third kappa shape index (κ3) is 3.22. The maximum atomic E-state index is 12.3. The second-order valence-electron chi connectivity index (χ2n) is 5.49. The van der Waals surface area contributed by atoms with Crippen LogP contribution in [0.4, 0.5) is 5.69 Å². The first-order valence-electron chi connectivity index (χ1n) is 7.68. The predicted molar refractivity (Wildman–Crippen MR) is 98.3 cm³/mol. The Labute approximate surface area is 148 Å². The average molecular weight is 349 g/mol. The lowest BCUT2D eigenvalue weighted by atomic mass is 10.2. The number of halogens is 1. The Morgan fingerprint density at radius 1 is 0.880 bits per heavy atom. The molecule has 3 aromatic carbocycles. The Kier molecular flexibility index (Phi) is 3.91. The van der Waals surface area contributed by atoms with Gasteiger partial charge in [-0.2, -0.15) is 4.80 Å². The summed E-state index contributed by atoms with van der Waals surface area (Å²) in [6.07, 6.45) is 0. The zero-order valence-corrected chi connectivity index (χ0v) is 13.8. The Morgan fingerprint density at radius 3 is 2.48 bits per heavy atom. The number of carbonyl (C=O) groups is 1. The third-order valence-corrected chi connectivity index (χ3v) is 3.95. The molecule has 0 unspecified atom stereocenters. The van der Waals surface area contributed by atoms with E-state index in [1.807, 2.05) is 36.4 Å². The van der Waals surface area contributed by atoms with Crippen molar-refractivity contribution in [1.82, 2.24) is 15.0 Å². The van der Waals surface area contributed by atoms with Gasteiger partial charge in [-0.1, -0.05) is 35.9 Å². The largest absolute Gasteiger partial charge is 0.322 e. The molecule has 5 nitrogen and oxygen atoms in total.